The summed E-state index contributed by atoms with van der Waals surface area (Å²) in [6.07, 6.45) is 0. The van der Waals surface area contributed by atoms with E-state index in [1.54, 1.807) is 36.4 Å². The lowest BCUT2D eigenvalue weighted by atomic mass is 10.2. The molecule has 2 rings (SSSR count). The second-order valence-electron chi connectivity index (χ2n) is 3.90. The van der Waals surface area contributed by atoms with Crippen LogP contribution < -0.4 is 15.2 Å². The van der Waals surface area contributed by atoms with Gasteiger partial charge in [0, 0.05) is 10.6 Å². The van der Waals surface area contributed by atoms with Crippen molar-refractivity contribution in [3.05, 3.63) is 52.8 Å². The van der Waals surface area contributed by atoms with Gasteiger partial charge in [-0.05, 0) is 24.3 Å². The van der Waals surface area contributed by atoms with Gasteiger partial charge in [0.15, 0.2) is 11.6 Å². The van der Waals surface area contributed by atoms with Gasteiger partial charge in [0.1, 0.15) is 12.4 Å². The topological polar surface area (TPSA) is 44.5 Å². The molecule has 0 aromatic heterocycles. The molecular formula is C14H13ClFNO2. The van der Waals surface area contributed by atoms with E-state index in [9.17, 15) is 4.39 Å². The minimum atomic E-state index is -0.433. The van der Waals surface area contributed by atoms with E-state index in [0.717, 1.165) is 0 Å². The predicted molar refractivity (Wildman–Crippen MR) is 73.1 cm³/mol. The van der Waals surface area contributed by atoms with Crippen molar-refractivity contribution in [3.63, 3.8) is 0 Å². The van der Waals surface area contributed by atoms with Crippen LogP contribution in [0.25, 0.3) is 0 Å². The Morgan fingerprint density at radius 3 is 2.68 bits per heavy atom. The van der Waals surface area contributed by atoms with E-state index in [4.69, 9.17) is 26.8 Å². The van der Waals surface area contributed by atoms with Crippen molar-refractivity contribution in [2.24, 2.45) is 0 Å². The summed E-state index contributed by atoms with van der Waals surface area (Å²) in [6.45, 7) is 0.0644. The molecule has 19 heavy (non-hydrogen) atoms. The number of halogens is 2. The molecule has 2 aromatic rings. The van der Waals surface area contributed by atoms with Crippen molar-refractivity contribution in [3.8, 4) is 11.5 Å². The van der Waals surface area contributed by atoms with Gasteiger partial charge in [0.25, 0.3) is 0 Å². The van der Waals surface area contributed by atoms with Gasteiger partial charge >= 0.3 is 0 Å². The van der Waals surface area contributed by atoms with Crippen LogP contribution in [0.15, 0.2) is 36.4 Å². The Hall–Kier alpha value is -1.94. The van der Waals surface area contributed by atoms with Crippen molar-refractivity contribution in [1.82, 2.24) is 0 Å². The summed E-state index contributed by atoms with van der Waals surface area (Å²) in [7, 11) is 1.42. The first-order valence-corrected chi connectivity index (χ1v) is 5.99. The number of nitrogens with two attached hydrogens (primary N) is 1. The minimum Gasteiger partial charge on any atom is -0.494 e. The molecule has 5 heteroatoms. The van der Waals surface area contributed by atoms with Crippen LogP contribution in [-0.2, 0) is 6.61 Å². The molecular weight excluding hydrogens is 269 g/mol. The van der Waals surface area contributed by atoms with Gasteiger partial charge in [-0.15, -0.1) is 0 Å². The number of benzene rings is 2. The van der Waals surface area contributed by atoms with Crippen LogP contribution >= 0.6 is 11.6 Å². The summed E-state index contributed by atoms with van der Waals surface area (Å²) >= 11 is 5.79. The molecule has 0 saturated heterocycles. The first-order chi connectivity index (χ1) is 9.11. The molecule has 0 atom stereocenters. The highest BCUT2D eigenvalue weighted by molar-refractivity contribution is 6.30. The highest BCUT2D eigenvalue weighted by atomic mass is 35.5. The van der Waals surface area contributed by atoms with Gasteiger partial charge in [-0.1, -0.05) is 23.7 Å². The second kappa shape index (κ2) is 5.80. The van der Waals surface area contributed by atoms with Crippen molar-refractivity contribution in [2.75, 3.05) is 12.8 Å². The molecule has 0 amide bonds. The second-order valence-corrected chi connectivity index (χ2v) is 4.34. The molecule has 0 saturated carbocycles. The van der Waals surface area contributed by atoms with Gasteiger partial charge in [-0.2, -0.15) is 0 Å². The van der Waals surface area contributed by atoms with Gasteiger partial charge < -0.3 is 15.2 Å². The Bertz CT molecular complexity index is 590. The van der Waals surface area contributed by atoms with Crippen molar-refractivity contribution >= 4 is 17.3 Å². The van der Waals surface area contributed by atoms with Crippen LogP contribution in [0.4, 0.5) is 10.1 Å². The molecule has 0 bridgehead atoms. The van der Waals surface area contributed by atoms with Crippen LogP contribution in [0, 0.1) is 5.82 Å². The van der Waals surface area contributed by atoms with E-state index in [1.165, 1.54) is 7.11 Å². The molecule has 2 aromatic carbocycles. The molecule has 0 aliphatic carbocycles. The first kappa shape index (κ1) is 13.5. The Labute approximate surface area is 115 Å². The summed E-state index contributed by atoms with van der Waals surface area (Å²) in [5.41, 5.74) is 6.56. The number of hydrogen-bond donors (Lipinski definition) is 1. The first-order valence-electron chi connectivity index (χ1n) is 5.61. The van der Waals surface area contributed by atoms with Crippen molar-refractivity contribution in [1.29, 1.82) is 0 Å². The van der Waals surface area contributed by atoms with E-state index in [2.05, 4.69) is 0 Å². The smallest absolute Gasteiger partial charge is 0.171 e. The Morgan fingerprint density at radius 2 is 2.00 bits per heavy atom. The number of hydrogen-bond acceptors (Lipinski definition) is 3. The quantitative estimate of drug-likeness (QED) is 0.870. The Morgan fingerprint density at radius 1 is 1.21 bits per heavy atom. The summed E-state index contributed by atoms with van der Waals surface area (Å²) in [4.78, 5) is 0. The molecule has 0 spiro atoms. The predicted octanol–water partition coefficient (Wildman–Crippen LogP) is 3.65. The average molecular weight is 282 g/mol. The van der Waals surface area contributed by atoms with E-state index in [-0.39, 0.29) is 12.4 Å². The lowest BCUT2D eigenvalue weighted by Crippen LogP contribution is -2.02. The highest BCUT2D eigenvalue weighted by Crippen LogP contribution is 2.27. The fraction of sp³-hybridized carbons (Fsp3) is 0.143. The molecule has 0 unspecified atom stereocenters. The summed E-state index contributed by atoms with van der Waals surface area (Å²) in [6, 6.07) is 9.77. The lowest BCUT2D eigenvalue weighted by molar-refractivity contribution is 0.297. The third kappa shape index (κ3) is 3.09. The third-order valence-corrected chi connectivity index (χ3v) is 2.85. The van der Waals surface area contributed by atoms with Gasteiger partial charge in [0.05, 0.1) is 12.8 Å². The van der Waals surface area contributed by atoms with Crippen LogP contribution in [0.3, 0.4) is 0 Å². The zero-order valence-electron chi connectivity index (χ0n) is 10.3. The van der Waals surface area contributed by atoms with Gasteiger partial charge in [-0.25, -0.2) is 4.39 Å². The van der Waals surface area contributed by atoms with Gasteiger partial charge in [0.2, 0.25) is 0 Å². The standard InChI is InChI=1S/C14H13ClFNO2/c1-18-13-4-2-3-9(14(13)16)8-19-12-6-5-10(15)7-11(12)17/h2-7H,8,17H2,1H3. The maximum atomic E-state index is 13.9. The van der Waals surface area contributed by atoms with E-state index in [0.29, 0.717) is 22.0 Å². The fourth-order valence-electron chi connectivity index (χ4n) is 1.63. The fourth-order valence-corrected chi connectivity index (χ4v) is 1.81. The SMILES string of the molecule is COc1cccc(COc2ccc(Cl)cc2N)c1F. The maximum Gasteiger partial charge on any atom is 0.171 e. The normalized spacial score (nSPS) is 10.3. The largest absolute Gasteiger partial charge is 0.494 e. The monoisotopic (exact) mass is 281 g/mol. The maximum absolute atomic E-state index is 13.9. The Kier molecular flexibility index (Phi) is 4.12. The molecule has 0 fully saturated rings. The van der Waals surface area contributed by atoms with E-state index >= 15 is 0 Å². The highest BCUT2D eigenvalue weighted by Gasteiger charge is 2.09. The molecule has 0 heterocycles. The summed E-state index contributed by atoms with van der Waals surface area (Å²) in [5, 5.41) is 0.525. The molecule has 100 valence electrons. The molecule has 0 radical (unpaired) electrons. The number of ether oxygens (including phenoxy) is 2. The lowest BCUT2D eigenvalue weighted by Gasteiger charge is -2.11. The molecule has 2 N–H and O–H groups in total. The van der Waals surface area contributed by atoms with Crippen LogP contribution in [0.2, 0.25) is 5.02 Å². The number of nitrogen functional groups attached to an aromatic ring is 1. The molecule has 0 aliphatic heterocycles. The number of methoxy groups -OCH3 is 1. The number of rotatable bonds is 4. The zero-order chi connectivity index (χ0) is 13.8. The van der Waals surface area contributed by atoms with Crippen LogP contribution in [0.5, 0.6) is 11.5 Å². The van der Waals surface area contributed by atoms with Crippen LogP contribution in [-0.4, -0.2) is 7.11 Å². The van der Waals surface area contributed by atoms with Gasteiger partial charge in [-0.3, -0.25) is 0 Å². The number of anilines is 1. The third-order valence-electron chi connectivity index (χ3n) is 2.62. The van der Waals surface area contributed by atoms with E-state index < -0.39 is 5.82 Å². The van der Waals surface area contributed by atoms with E-state index in [1.807, 2.05) is 0 Å². The zero-order valence-corrected chi connectivity index (χ0v) is 11.1. The van der Waals surface area contributed by atoms with Crippen molar-refractivity contribution in [2.45, 2.75) is 6.61 Å². The Balaban J connectivity index is 2.14. The van der Waals surface area contributed by atoms with Crippen LogP contribution in [0.1, 0.15) is 5.56 Å². The summed E-state index contributed by atoms with van der Waals surface area (Å²) in [5.74, 6) is 0.217. The molecule has 3 nitrogen and oxygen atoms in total. The van der Waals surface area contributed by atoms with Crippen molar-refractivity contribution < 1.29 is 13.9 Å². The minimum absolute atomic E-state index is 0.0644. The summed E-state index contributed by atoms with van der Waals surface area (Å²) < 4.78 is 24.3. The molecule has 0 aliphatic rings. The average Bonchev–Trinajstić information content (AvgIpc) is 2.39.